The summed E-state index contributed by atoms with van der Waals surface area (Å²) in [5, 5.41) is 2.97. The average molecular weight is 553 g/mol. The number of sulfonamides is 1. The number of likely N-dealkylation sites (N-methyl/N-ethyl adjacent to an activating group) is 1. The summed E-state index contributed by atoms with van der Waals surface area (Å²) in [6.07, 6.45) is 0. The van der Waals surface area contributed by atoms with Crippen LogP contribution in [-0.4, -0.2) is 52.1 Å². The van der Waals surface area contributed by atoms with Crippen molar-refractivity contribution in [3.8, 4) is 0 Å². The zero-order chi connectivity index (χ0) is 28.1. The topological polar surface area (TPSA) is 82.1 Å². The van der Waals surface area contributed by atoms with Gasteiger partial charge in [-0.25, -0.2) is 8.42 Å². The summed E-state index contributed by atoms with van der Waals surface area (Å²) in [5.41, 5.74) is 5.10. The number of nitrogens with one attached hydrogen (secondary N) is 1. The first kappa shape index (κ1) is 27.3. The van der Waals surface area contributed by atoms with E-state index in [-0.39, 0.29) is 11.7 Å². The molecule has 1 atom stereocenters. The minimum absolute atomic E-state index is 0.0878. The lowest BCUT2D eigenvalue weighted by molar-refractivity contribution is -0.115. The Bertz CT molecular complexity index is 1600. The van der Waals surface area contributed by atoms with Crippen molar-refractivity contribution in [3.63, 3.8) is 0 Å². The number of carbonyl (C=O) groups is 1. The predicted octanol–water partition coefficient (Wildman–Crippen LogP) is 5.44. The number of anilines is 2. The highest BCUT2D eigenvalue weighted by atomic mass is 32.2. The molecule has 0 saturated carbocycles. The van der Waals surface area contributed by atoms with Crippen LogP contribution in [0.25, 0.3) is 0 Å². The number of rotatable bonds is 10. The molecular formula is C32H32N4O3S. The van der Waals surface area contributed by atoms with Crippen molar-refractivity contribution in [1.82, 2.24) is 4.90 Å². The standard InChI is InChI=1S/C32H32N4O3S/c1-35(2)21-22-36(40(38,39)23-24-11-5-3-6-12-24)27-19-17-26(18-20-27)33-31(25-13-7-4-8-14-25)30-28-15-9-10-16-29(28)34-32(30)37/h3-20,30H,21-23H2,1-2H3,(H,34,37). The number of nitrogens with zero attached hydrogens (tertiary/aromatic N) is 3. The van der Waals surface area contributed by atoms with Gasteiger partial charge in [-0.05, 0) is 61.1 Å². The van der Waals surface area contributed by atoms with E-state index in [2.05, 4.69) is 5.32 Å². The normalized spacial score (nSPS) is 15.1. The number of benzene rings is 4. The van der Waals surface area contributed by atoms with Crippen LogP contribution in [0, 0.1) is 0 Å². The molecule has 0 fully saturated rings. The minimum Gasteiger partial charge on any atom is -0.325 e. The highest BCUT2D eigenvalue weighted by Crippen LogP contribution is 2.36. The van der Waals surface area contributed by atoms with Gasteiger partial charge in [0, 0.05) is 18.8 Å². The molecule has 1 unspecified atom stereocenters. The van der Waals surface area contributed by atoms with E-state index in [1.54, 1.807) is 24.3 Å². The Morgan fingerprint density at radius 2 is 1.43 bits per heavy atom. The van der Waals surface area contributed by atoms with Crippen molar-refractivity contribution in [1.29, 1.82) is 0 Å². The maximum absolute atomic E-state index is 13.5. The lowest BCUT2D eigenvalue weighted by Crippen LogP contribution is -2.37. The van der Waals surface area contributed by atoms with Gasteiger partial charge in [0.05, 0.1) is 22.8 Å². The number of hydrogen-bond donors (Lipinski definition) is 1. The first-order valence-electron chi connectivity index (χ1n) is 13.1. The molecule has 1 aliphatic rings. The fraction of sp³-hybridized carbons (Fsp3) is 0.188. The molecule has 1 amide bonds. The Balaban J connectivity index is 1.50. The molecule has 1 heterocycles. The van der Waals surface area contributed by atoms with Gasteiger partial charge in [0.25, 0.3) is 0 Å². The molecule has 0 aromatic heterocycles. The van der Waals surface area contributed by atoms with Crippen LogP contribution in [0.3, 0.4) is 0 Å². The number of hydrogen-bond acceptors (Lipinski definition) is 5. The Morgan fingerprint density at radius 1 is 0.800 bits per heavy atom. The number of carbonyl (C=O) groups excluding carboxylic acids is 1. The zero-order valence-electron chi connectivity index (χ0n) is 22.6. The summed E-state index contributed by atoms with van der Waals surface area (Å²) in [7, 11) is 0.199. The molecule has 0 bridgehead atoms. The van der Waals surface area contributed by atoms with Crippen LogP contribution in [0.15, 0.2) is 114 Å². The zero-order valence-corrected chi connectivity index (χ0v) is 23.4. The Morgan fingerprint density at radius 3 is 2.10 bits per heavy atom. The van der Waals surface area contributed by atoms with E-state index in [9.17, 15) is 13.2 Å². The summed E-state index contributed by atoms with van der Waals surface area (Å²) in [6, 6.07) is 33.7. The molecule has 0 spiro atoms. The fourth-order valence-electron chi connectivity index (χ4n) is 4.80. The van der Waals surface area contributed by atoms with E-state index < -0.39 is 15.9 Å². The second-order valence-electron chi connectivity index (χ2n) is 10.0. The largest absolute Gasteiger partial charge is 0.325 e. The van der Waals surface area contributed by atoms with Crippen LogP contribution >= 0.6 is 0 Å². The lowest BCUT2D eigenvalue weighted by Gasteiger charge is -2.26. The molecule has 0 aliphatic carbocycles. The van der Waals surface area contributed by atoms with Gasteiger partial charge in [-0.3, -0.25) is 14.1 Å². The molecule has 4 aromatic carbocycles. The van der Waals surface area contributed by atoms with Gasteiger partial charge in [-0.1, -0.05) is 78.9 Å². The number of fused-ring (bicyclic) bond motifs is 1. The SMILES string of the molecule is CN(C)CCN(c1ccc(N=C(c2ccccc2)C2C(=O)Nc3ccccc32)cc1)S(=O)(=O)Cc1ccccc1. The maximum Gasteiger partial charge on any atom is 0.239 e. The highest BCUT2D eigenvalue weighted by Gasteiger charge is 2.35. The lowest BCUT2D eigenvalue weighted by atomic mass is 9.90. The molecule has 7 nitrogen and oxygen atoms in total. The van der Waals surface area contributed by atoms with Crippen molar-refractivity contribution >= 4 is 38.7 Å². The average Bonchev–Trinajstić information content (AvgIpc) is 3.28. The van der Waals surface area contributed by atoms with E-state index in [1.165, 1.54) is 4.31 Å². The van der Waals surface area contributed by atoms with E-state index in [1.807, 2.05) is 104 Å². The number of para-hydroxylation sites is 1. The molecule has 5 rings (SSSR count). The van der Waals surface area contributed by atoms with Gasteiger partial charge >= 0.3 is 0 Å². The minimum atomic E-state index is -3.64. The Kier molecular flexibility index (Phi) is 8.09. The molecule has 1 N–H and O–H groups in total. The molecule has 0 saturated heterocycles. The summed E-state index contributed by atoms with van der Waals surface area (Å²) in [4.78, 5) is 20.0. The van der Waals surface area contributed by atoms with E-state index >= 15 is 0 Å². The van der Waals surface area contributed by atoms with E-state index in [0.717, 1.165) is 22.4 Å². The molecular weight excluding hydrogens is 520 g/mol. The first-order valence-corrected chi connectivity index (χ1v) is 14.8. The molecule has 0 radical (unpaired) electrons. The van der Waals surface area contributed by atoms with Crippen LogP contribution in [0.4, 0.5) is 17.1 Å². The Hall–Kier alpha value is -4.27. The third-order valence-corrected chi connectivity index (χ3v) is 8.56. The summed E-state index contributed by atoms with van der Waals surface area (Å²) in [6.45, 7) is 0.890. The van der Waals surface area contributed by atoms with Crippen molar-refractivity contribution in [3.05, 3.63) is 126 Å². The molecule has 204 valence electrons. The van der Waals surface area contributed by atoms with Gasteiger partial charge in [-0.15, -0.1) is 0 Å². The maximum atomic E-state index is 13.5. The van der Waals surface area contributed by atoms with Gasteiger partial charge in [0.2, 0.25) is 15.9 Å². The van der Waals surface area contributed by atoms with Gasteiger partial charge < -0.3 is 10.2 Å². The van der Waals surface area contributed by atoms with Crippen molar-refractivity contribution in [2.24, 2.45) is 4.99 Å². The van der Waals surface area contributed by atoms with Crippen LogP contribution in [0.5, 0.6) is 0 Å². The van der Waals surface area contributed by atoms with Gasteiger partial charge in [-0.2, -0.15) is 0 Å². The van der Waals surface area contributed by atoms with Crippen molar-refractivity contribution < 1.29 is 13.2 Å². The van der Waals surface area contributed by atoms with Crippen molar-refractivity contribution in [2.45, 2.75) is 11.7 Å². The third kappa shape index (κ3) is 6.14. The smallest absolute Gasteiger partial charge is 0.239 e. The monoisotopic (exact) mass is 552 g/mol. The van der Waals surface area contributed by atoms with E-state index in [0.29, 0.717) is 30.2 Å². The van der Waals surface area contributed by atoms with Crippen LogP contribution < -0.4 is 9.62 Å². The van der Waals surface area contributed by atoms with Gasteiger partial charge in [0.15, 0.2) is 0 Å². The molecule has 40 heavy (non-hydrogen) atoms. The van der Waals surface area contributed by atoms with Crippen LogP contribution in [0.2, 0.25) is 0 Å². The molecule has 4 aromatic rings. The fourth-order valence-corrected chi connectivity index (χ4v) is 6.37. The van der Waals surface area contributed by atoms with Gasteiger partial charge in [0.1, 0.15) is 5.92 Å². The summed E-state index contributed by atoms with van der Waals surface area (Å²) in [5.74, 6) is -0.765. The van der Waals surface area contributed by atoms with Crippen LogP contribution in [-0.2, 0) is 20.6 Å². The first-order chi connectivity index (χ1) is 19.3. The van der Waals surface area contributed by atoms with E-state index in [4.69, 9.17) is 4.99 Å². The van der Waals surface area contributed by atoms with Crippen molar-refractivity contribution in [2.75, 3.05) is 36.8 Å². The Labute approximate surface area is 235 Å². The summed E-state index contributed by atoms with van der Waals surface area (Å²) >= 11 is 0. The number of amides is 1. The quantitative estimate of drug-likeness (QED) is 0.266. The number of aliphatic imine (C=N–C) groups is 1. The second-order valence-corrected chi connectivity index (χ2v) is 11.9. The van der Waals surface area contributed by atoms with Crippen LogP contribution in [0.1, 0.15) is 22.6 Å². The molecule has 1 aliphatic heterocycles. The highest BCUT2D eigenvalue weighted by molar-refractivity contribution is 7.92. The second kappa shape index (κ2) is 11.9. The predicted molar refractivity (Wildman–Crippen MR) is 162 cm³/mol. The third-order valence-electron chi connectivity index (χ3n) is 6.80. The molecule has 8 heteroatoms. The summed E-state index contributed by atoms with van der Waals surface area (Å²) < 4.78 is 28.5.